The molecule has 1 heterocycles. The normalized spacial score (nSPS) is 10.8. The van der Waals surface area contributed by atoms with E-state index in [4.69, 9.17) is 32.4 Å². The van der Waals surface area contributed by atoms with Gasteiger partial charge in [0.25, 0.3) is 11.1 Å². The third-order valence-electron chi connectivity index (χ3n) is 2.97. The molecule has 0 atom stereocenters. The molecule has 0 N–H and O–H groups in total. The fourth-order valence-electron chi connectivity index (χ4n) is 1.81. The van der Waals surface area contributed by atoms with E-state index in [9.17, 15) is 0 Å². The maximum Gasteiger partial charge on any atom is 0.277 e. The fraction of sp³-hybridized carbons (Fsp3) is 0.125. The summed E-state index contributed by atoms with van der Waals surface area (Å²) in [5.41, 5.74) is 1.17. The Morgan fingerprint density at radius 2 is 1.88 bits per heavy atom. The Morgan fingerprint density at radius 3 is 2.62 bits per heavy atom. The topological polar surface area (TPSA) is 48.2 Å². The van der Waals surface area contributed by atoms with Crippen LogP contribution in [-0.2, 0) is 12.4 Å². The van der Waals surface area contributed by atoms with E-state index in [1.807, 2.05) is 24.3 Å². The molecule has 8 heteroatoms. The van der Waals surface area contributed by atoms with E-state index in [0.717, 1.165) is 10.2 Å². The molecule has 0 aliphatic carbocycles. The lowest BCUT2D eigenvalue weighted by Gasteiger charge is -2.05. The molecule has 124 valence electrons. The van der Waals surface area contributed by atoms with Crippen molar-refractivity contribution in [2.24, 2.45) is 0 Å². The Kier molecular flexibility index (Phi) is 6.05. The number of nitrogens with zero attached hydrogens (tertiary/aromatic N) is 2. The molecule has 0 bridgehead atoms. The summed E-state index contributed by atoms with van der Waals surface area (Å²) in [7, 11) is 0. The number of aromatic nitrogens is 2. The van der Waals surface area contributed by atoms with Crippen molar-refractivity contribution in [1.29, 1.82) is 0 Å². The highest BCUT2D eigenvalue weighted by Crippen LogP contribution is 2.28. The highest BCUT2D eigenvalue weighted by atomic mass is 79.9. The molecule has 0 spiro atoms. The summed E-state index contributed by atoms with van der Waals surface area (Å²) in [6.45, 7) is 0.146. The van der Waals surface area contributed by atoms with Crippen LogP contribution in [-0.4, -0.2) is 10.2 Å². The minimum absolute atomic E-state index is 0.146. The summed E-state index contributed by atoms with van der Waals surface area (Å²) in [6.07, 6.45) is 0. The zero-order chi connectivity index (χ0) is 16.9. The molecule has 0 amide bonds. The molecule has 24 heavy (non-hydrogen) atoms. The van der Waals surface area contributed by atoms with Crippen LogP contribution in [0.2, 0.25) is 10.0 Å². The average Bonchev–Trinajstić information content (AvgIpc) is 3.01. The molecule has 0 saturated heterocycles. The van der Waals surface area contributed by atoms with Crippen LogP contribution in [0, 0.1) is 0 Å². The Morgan fingerprint density at radius 1 is 1.08 bits per heavy atom. The van der Waals surface area contributed by atoms with Gasteiger partial charge in [-0.05, 0) is 35.9 Å². The molecule has 3 aromatic rings. The van der Waals surface area contributed by atoms with Crippen molar-refractivity contribution in [1.82, 2.24) is 10.2 Å². The van der Waals surface area contributed by atoms with Crippen molar-refractivity contribution in [3.63, 3.8) is 0 Å². The van der Waals surface area contributed by atoms with Gasteiger partial charge in [0.15, 0.2) is 6.61 Å². The summed E-state index contributed by atoms with van der Waals surface area (Å²) in [5.74, 6) is 1.65. The van der Waals surface area contributed by atoms with Gasteiger partial charge in [-0.3, -0.25) is 0 Å². The van der Waals surface area contributed by atoms with Gasteiger partial charge in [0.2, 0.25) is 0 Å². The first-order valence-electron chi connectivity index (χ1n) is 6.87. The van der Waals surface area contributed by atoms with E-state index in [0.29, 0.717) is 26.9 Å². The Balaban J connectivity index is 1.54. The van der Waals surface area contributed by atoms with Gasteiger partial charge < -0.3 is 9.15 Å². The smallest absolute Gasteiger partial charge is 0.277 e. The Labute approximate surface area is 161 Å². The molecule has 0 aliphatic heterocycles. The molecule has 1 aromatic heterocycles. The van der Waals surface area contributed by atoms with Crippen LogP contribution in [0.3, 0.4) is 0 Å². The van der Waals surface area contributed by atoms with Gasteiger partial charge >= 0.3 is 0 Å². The molecule has 4 nitrogen and oxygen atoms in total. The molecular weight excluding hydrogens is 435 g/mol. The summed E-state index contributed by atoms with van der Waals surface area (Å²) in [6, 6.07) is 13.1. The van der Waals surface area contributed by atoms with E-state index in [1.165, 1.54) is 17.3 Å². The number of thioether (sulfide) groups is 1. The fourth-order valence-corrected chi connectivity index (χ4v) is 3.28. The number of hydrogen-bond acceptors (Lipinski definition) is 5. The molecule has 0 saturated carbocycles. The van der Waals surface area contributed by atoms with Gasteiger partial charge in [-0.1, -0.05) is 63.0 Å². The third-order valence-corrected chi connectivity index (χ3v) is 4.92. The maximum atomic E-state index is 6.05. The Hall–Kier alpha value is -1.21. The van der Waals surface area contributed by atoms with Gasteiger partial charge in [0.1, 0.15) is 5.75 Å². The predicted molar refractivity (Wildman–Crippen MR) is 98.8 cm³/mol. The zero-order valence-electron chi connectivity index (χ0n) is 12.2. The SMILES string of the molecule is Clc1ccc(OCc2nnc(SCc3ccc(Br)cc3)o2)c(Cl)c1. The van der Waals surface area contributed by atoms with Crippen molar-refractivity contribution >= 4 is 50.9 Å². The first-order chi connectivity index (χ1) is 11.6. The Bertz CT molecular complexity index is 827. The van der Waals surface area contributed by atoms with Crippen molar-refractivity contribution in [2.75, 3.05) is 0 Å². The third kappa shape index (κ3) is 4.89. The van der Waals surface area contributed by atoms with Gasteiger partial charge in [-0.15, -0.1) is 10.2 Å². The van der Waals surface area contributed by atoms with Crippen LogP contribution in [0.25, 0.3) is 0 Å². The van der Waals surface area contributed by atoms with E-state index in [-0.39, 0.29) is 6.61 Å². The zero-order valence-corrected chi connectivity index (χ0v) is 16.1. The van der Waals surface area contributed by atoms with Gasteiger partial charge in [0, 0.05) is 15.2 Å². The molecule has 3 rings (SSSR count). The monoisotopic (exact) mass is 444 g/mol. The molecule has 2 aromatic carbocycles. The standard InChI is InChI=1S/C16H11BrCl2N2O2S/c17-11-3-1-10(2-4-11)9-24-16-21-20-15(23-16)8-22-14-6-5-12(18)7-13(14)19/h1-7H,8-9H2. The van der Waals surface area contributed by atoms with Crippen molar-refractivity contribution < 1.29 is 9.15 Å². The number of hydrogen-bond donors (Lipinski definition) is 0. The molecule has 0 radical (unpaired) electrons. The lowest BCUT2D eigenvalue weighted by molar-refractivity contribution is 0.252. The number of halogens is 3. The van der Waals surface area contributed by atoms with Crippen LogP contribution in [0.1, 0.15) is 11.5 Å². The molecule has 0 unspecified atom stereocenters. The second kappa shape index (κ2) is 8.25. The van der Waals surface area contributed by atoms with E-state index in [2.05, 4.69) is 26.1 Å². The highest BCUT2D eigenvalue weighted by molar-refractivity contribution is 9.10. The van der Waals surface area contributed by atoms with Crippen molar-refractivity contribution in [3.05, 3.63) is 68.4 Å². The minimum Gasteiger partial charge on any atom is -0.482 e. The van der Waals surface area contributed by atoms with Crippen LogP contribution in [0.15, 0.2) is 56.6 Å². The second-order valence-electron chi connectivity index (χ2n) is 4.74. The van der Waals surface area contributed by atoms with Crippen LogP contribution in [0.5, 0.6) is 5.75 Å². The quantitative estimate of drug-likeness (QED) is 0.434. The van der Waals surface area contributed by atoms with Crippen molar-refractivity contribution in [2.45, 2.75) is 17.6 Å². The van der Waals surface area contributed by atoms with Crippen LogP contribution >= 0.6 is 50.9 Å². The summed E-state index contributed by atoms with van der Waals surface area (Å²) >= 11 is 16.8. The number of ether oxygens (including phenoxy) is 1. The van der Waals surface area contributed by atoms with Gasteiger partial charge in [0.05, 0.1) is 5.02 Å². The molecule has 0 aliphatic rings. The lowest BCUT2D eigenvalue weighted by atomic mass is 10.2. The summed E-state index contributed by atoms with van der Waals surface area (Å²) in [4.78, 5) is 0. The summed E-state index contributed by atoms with van der Waals surface area (Å²) in [5, 5.41) is 9.45. The average molecular weight is 446 g/mol. The minimum atomic E-state index is 0.146. The van der Waals surface area contributed by atoms with Gasteiger partial charge in [-0.25, -0.2) is 0 Å². The van der Waals surface area contributed by atoms with Gasteiger partial charge in [-0.2, -0.15) is 0 Å². The number of benzene rings is 2. The van der Waals surface area contributed by atoms with Crippen molar-refractivity contribution in [3.8, 4) is 5.75 Å². The van der Waals surface area contributed by atoms with E-state index >= 15 is 0 Å². The lowest BCUT2D eigenvalue weighted by Crippen LogP contribution is -1.96. The van der Waals surface area contributed by atoms with E-state index in [1.54, 1.807) is 18.2 Å². The highest BCUT2D eigenvalue weighted by Gasteiger charge is 2.09. The van der Waals surface area contributed by atoms with Crippen LogP contribution < -0.4 is 4.74 Å². The maximum absolute atomic E-state index is 6.05. The number of rotatable bonds is 6. The first-order valence-corrected chi connectivity index (χ1v) is 9.41. The molecule has 0 fully saturated rings. The summed E-state index contributed by atoms with van der Waals surface area (Å²) < 4.78 is 12.2. The molecular formula is C16H11BrCl2N2O2S. The largest absolute Gasteiger partial charge is 0.482 e. The van der Waals surface area contributed by atoms with Crippen LogP contribution in [0.4, 0.5) is 0 Å². The predicted octanol–water partition coefficient (Wildman–Crippen LogP) is 6.01. The second-order valence-corrected chi connectivity index (χ2v) is 7.43. The first kappa shape index (κ1) is 17.6. The van der Waals surface area contributed by atoms with E-state index < -0.39 is 0 Å².